The Balaban J connectivity index is 1.68. The summed E-state index contributed by atoms with van der Waals surface area (Å²) < 4.78 is 21.9. The number of carbonyl (C=O) groups is 2. The van der Waals surface area contributed by atoms with Crippen LogP contribution in [-0.2, 0) is 27.2 Å². The van der Waals surface area contributed by atoms with Crippen molar-refractivity contribution < 1.29 is 28.2 Å². The normalized spacial score (nSPS) is 16.8. The molecule has 0 spiro atoms. The Morgan fingerprint density at radius 1 is 1.18 bits per heavy atom. The van der Waals surface area contributed by atoms with Gasteiger partial charge in [-0.2, -0.15) is 0 Å². The molecule has 0 saturated carbocycles. The SMILES string of the molecule is C=CCN1C(=O)[C@H](CCc2ncc(CCC(=O)OC)o2)S[C@@H](c2cccc(OC)c2OC)c2cc(Cl)ccc21. The predicted octanol–water partition coefficient (Wildman–Crippen LogP) is 5.81. The number of hydrogen-bond donors (Lipinski definition) is 0. The first-order valence-electron chi connectivity index (χ1n) is 12.5. The van der Waals surface area contributed by atoms with E-state index < -0.39 is 5.25 Å². The quantitative estimate of drug-likeness (QED) is 0.211. The summed E-state index contributed by atoms with van der Waals surface area (Å²) in [6, 6.07) is 11.3. The molecule has 0 aliphatic carbocycles. The number of amides is 1. The second-order valence-electron chi connectivity index (χ2n) is 8.86. The van der Waals surface area contributed by atoms with Crippen LogP contribution in [0.2, 0.25) is 5.02 Å². The molecule has 0 unspecified atom stereocenters. The number of para-hydroxylation sites is 1. The van der Waals surface area contributed by atoms with E-state index in [9.17, 15) is 9.59 Å². The molecule has 1 aliphatic rings. The highest BCUT2D eigenvalue weighted by molar-refractivity contribution is 8.01. The number of nitrogens with zero attached hydrogens (tertiary/aromatic N) is 2. The zero-order valence-corrected chi connectivity index (χ0v) is 23.7. The van der Waals surface area contributed by atoms with Crippen molar-refractivity contribution in [3.8, 4) is 11.5 Å². The molecule has 10 heteroatoms. The molecule has 1 aromatic heterocycles. The summed E-state index contributed by atoms with van der Waals surface area (Å²) in [7, 11) is 4.56. The van der Waals surface area contributed by atoms with Gasteiger partial charge >= 0.3 is 5.97 Å². The molecule has 0 bridgehead atoms. The molecule has 2 aromatic carbocycles. The van der Waals surface area contributed by atoms with Crippen molar-refractivity contribution in [3.05, 3.63) is 83.1 Å². The lowest BCUT2D eigenvalue weighted by atomic mass is 10.00. The molecule has 0 N–H and O–H groups in total. The van der Waals surface area contributed by atoms with Crippen LogP contribution < -0.4 is 14.4 Å². The number of oxazole rings is 1. The molecule has 8 nitrogen and oxygen atoms in total. The summed E-state index contributed by atoms with van der Waals surface area (Å²) in [6.45, 7) is 4.22. The number of esters is 1. The minimum absolute atomic E-state index is 0.0368. The monoisotopic (exact) mass is 570 g/mol. The van der Waals surface area contributed by atoms with Crippen LogP contribution in [0.1, 0.15) is 40.9 Å². The first-order chi connectivity index (χ1) is 18.9. The minimum atomic E-state index is -0.428. The first-order valence-corrected chi connectivity index (χ1v) is 13.8. The minimum Gasteiger partial charge on any atom is -0.493 e. The molecule has 1 amide bonds. The fourth-order valence-corrected chi connectivity index (χ4v) is 6.27. The maximum Gasteiger partial charge on any atom is 0.305 e. The van der Waals surface area contributed by atoms with E-state index in [2.05, 4.69) is 11.6 Å². The van der Waals surface area contributed by atoms with Gasteiger partial charge in [0.05, 0.1) is 44.4 Å². The van der Waals surface area contributed by atoms with Gasteiger partial charge in [-0.15, -0.1) is 18.3 Å². The molecular weight excluding hydrogens is 540 g/mol. The number of rotatable bonds is 11. The molecule has 206 valence electrons. The van der Waals surface area contributed by atoms with Gasteiger partial charge < -0.3 is 23.5 Å². The van der Waals surface area contributed by atoms with Crippen molar-refractivity contribution in [1.82, 2.24) is 4.98 Å². The van der Waals surface area contributed by atoms with E-state index in [1.54, 1.807) is 37.5 Å². The van der Waals surface area contributed by atoms with Gasteiger partial charge in [-0.05, 0) is 36.2 Å². The van der Waals surface area contributed by atoms with Gasteiger partial charge in [0.1, 0.15) is 5.76 Å². The third-order valence-corrected chi connectivity index (χ3v) is 8.24. The second kappa shape index (κ2) is 13.1. The Hall–Kier alpha value is -3.43. The van der Waals surface area contributed by atoms with E-state index in [0.29, 0.717) is 54.0 Å². The third-order valence-electron chi connectivity index (χ3n) is 6.46. The van der Waals surface area contributed by atoms with Gasteiger partial charge in [0, 0.05) is 35.7 Å². The zero-order valence-electron chi connectivity index (χ0n) is 22.1. The Morgan fingerprint density at radius 2 is 2.00 bits per heavy atom. The van der Waals surface area contributed by atoms with Crippen LogP contribution in [0.4, 0.5) is 5.69 Å². The number of carbonyl (C=O) groups excluding carboxylic acids is 2. The van der Waals surface area contributed by atoms with Crippen LogP contribution >= 0.6 is 23.4 Å². The maximum atomic E-state index is 13.9. The van der Waals surface area contributed by atoms with Crippen LogP contribution in [0.5, 0.6) is 11.5 Å². The molecule has 3 aromatic rings. The van der Waals surface area contributed by atoms with E-state index in [4.69, 9.17) is 30.2 Å². The van der Waals surface area contributed by atoms with Crippen molar-refractivity contribution >= 4 is 40.9 Å². The molecule has 4 rings (SSSR count). The topological polar surface area (TPSA) is 91.1 Å². The predicted molar refractivity (Wildman–Crippen MR) is 152 cm³/mol. The Labute approximate surface area is 237 Å². The van der Waals surface area contributed by atoms with Crippen LogP contribution in [0.15, 0.2) is 59.7 Å². The maximum absolute atomic E-state index is 13.9. The molecule has 0 fully saturated rings. The molecule has 0 saturated heterocycles. The Bertz CT molecular complexity index is 1340. The standard InChI is InChI=1S/C29H31ClN2O6S/c1-5-15-32-22-11-9-18(30)16-21(22)28(20-7-6-8-23(35-2)27(20)37-4)39-24(29(32)34)12-13-25-31-17-19(38-25)10-14-26(33)36-3/h5-9,11,16-17,24,28H,1,10,12-15H2,2-4H3/t24-,28-/m0/s1. The van der Waals surface area contributed by atoms with Crippen molar-refractivity contribution in [2.45, 2.75) is 36.2 Å². The largest absolute Gasteiger partial charge is 0.493 e. The average Bonchev–Trinajstić information content (AvgIpc) is 3.38. The van der Waals surface area contributed by atoms with E-state index >= 15 is 0 Å². The fourth-order valence-electron chi connectivity index (χ4n) is 4.60. The molecule has 1 aliphatic heterocycles. The van der Waals surface area contributed by atoms with E-state index in [-0.39, 0.29) is 23.5 Å². The fraction of sp³-hybridized carbons (Fsp3) is 0.345. The van der Waals surface area contributed by atoms with Crippen LogP contribution in [0, 0.1) is 0 Å². The number of ether oxygens (including phenoxy) is 3. The number of hydrogen-bond acceptors (Lipinski definition) is 8. The lowest BCUT2D eigenvalue weighted by molar-refractivity contribution is -0.140. The lowest BCUT2D eigenvalue weighted by Gasteiger charge is -2.24. The Kier molecular flexibility index (Phi) is 9.59. The highest BCUT2D eigenvalue weighted by Gasteiger charge is 2.37. The molecule has 2 heterocycles. The number of benzene rings is 2. The van der Waals surface area contributed by atoms with Gasteiger partial charge in [0.15, 0.2) is 17.4 Å². The van der Waals surface area contributed by atoms with E-state index in [0.717, 1.165) is 16.8 Å². The number of halogens is 1. The summed E-state index contributed by atoms with van der Waals surface area (Å²) in [5.74, 6) is 1.98. The van der Waals surface area contributed by atoms with E-state index in [1.165, 1.54) is 18.9 Å². The highest BCUT2D eigenvalue weighted by atomic mass is 35.5. The molecular formula is C29H31ClN2O6S. The van der Waals surface area contributed by atoms with Gasteiger partial charge in [0.2, 0.25) is 5.91 Å². The first kappa shape index (κ1) is 28.6. The van der Waals surface area contributed by atoms with Gasteiger partial charge in [-0.3, -0.25) is 9.59 Å². The van der Waals surface area contributed by atoms with E-state index in [1.807, 2.05) is 30.3 Å². The second-order valence-corrected chi connectivity index (χ2v) is 10.6. The number of thioether (sulfide) groups is 1. The average molecular weight is 571 g/mol. The van der Waals surface area contributed by atoms with Gasteiger partial charge in [-0.1, -0.05) is 29.8 Å². The zero-order chi connectivity index (χ0) is 27.9. The molecule has 39 heavy (non-hydrogen) atoms. The van der Waals surface area contributed by atoms with Crippen LogP contribution in [0.25, 0.3) is 0 Å². The van der Waals surface area contributed by atoms with Crippen LogP contribution in [-0.4, -0.2) is 50.0 Å². The summed E-state index contributed by atoms with van der Waals surface area (Å²) in [5.41, 5.74) is 2.55. The number of anilines is 1. The molecule has 2 atom stereocenters. The van der Waals surface area contributed by atoms with Crippen LogP contribution in [0.3, 0.4) is 0 Å². The van der Waals surface area contributed by atoms with Crippen molar-refractivity contribution in [2.75, 3.05) is 32.8 Å². The number of fused-ring (bicyclic) bond motifs is 1. The summed E-state index contributed by atoms with van der Waals surface area (Å²) in [6.07, 6.45) is 4.88. The third kappa shape index (κ3) is 6.42. The molecule has 0 radical (unpaired) electrons. The van der Waals surface area contributed by atoms with Crippen molar-refractivity contribution in [1.29, 1.82) is 0 Å². The number of methoxy groups -OCH3 is 3. The lowest BCUT2D eigenvalue weighted by Crippen LogP contribution is -2.37. The Morgan fingerprint density at radius 3 is 2.72 bits per heavy atom. The highest BCUT2D eigenvalue weighted by Crippen LogP contribution is 2.51. The summed E-state index contributed by atoms with van der Waals surface area (Å²) in [4.78, 5) is 31.5. The van der Waals surface area contributed by atoms with Gasteiger partial charge in [-0.25, -0.2) is 4.98 Å². The van der Waals surface area contributed by atoms with Gasteiger partial charge in [0.25, 0.3) is 0 Å². The number of aromatic nitrogens is 1. The summed E-state index contributed by atoms with van der Waals surface area (Å²) >= 11 is 8.01. The van der Waals surface area contributed by atoms with Crippen molar-refractivity contribution in [3.63, 3.8) is 0 Å². The van der Waals surface area contributed by atoms with Crippen molar-refractivity contribution in [2.24, 2.45) is 0 Å². The summed E-state index contributed by atoms with van der Waals surface area (Å²) in [5, 5.41) is -0.125. The smallest absolute Gasteiger partial charge is 0.305 e. The number of aryl methyl sites for hydroxylation is 2.